The SMILES string of the molecule is CCCCCC/C=C/CCCCCCCCCCO[C@@H]1CO[C@@H](CO)[C@H](O)[C@H]1O. The molecule has 172 valence electrons. The van der Waals surface area contributed by atoms with Gasteiger partial charge in [0.25, 0.3) is 0 Å². The third-order valence-electron chi connectivity index (χ3n) is 5.75. The Morgan fingerprint density at radius 2 is 1.34 bits per heavy atom. The van der Waals surface area contributed by atoms with Crippen LogP contribution in [0.5, 0.6) is 0 Å². The van der Waals surface area contributed by atoms with Crippen LogP contribution in [0.2, 0.25) is 0 Å². The molecule has 0 aromatic rings. The van der Waals surface area contributed by atoms with Gasteiger partial charge in [-0.15, -0.1) is 0 Å². The van der Waals surface area contributed by atoms with Crippen LogP contribution in [0.15, 0.2) is 12.2 Å². The fourth-order valence-corrected chi connectivity index (χ4v) is 3.75. The molecule has 1 saturated heterocycles. The molecule has 0 amide bonds. The molecule has 1 rings (SSSR count). The molecule has 0 aliphatic carbocycles. The van der Waals surface area contributed by atoms with Crippen molar-refractivity contribution in [1.29, 1.82) is 0 Å². The number of allylic oxidation sites excluding steroid dienone is 2. The predicted octanol–water partition coefficient (Wildman–Crippen LogP) is 4.52. The molecule has 3 N–H and O–H groups in total. The van der Waals surface area contributed by atoms with E-state index in [-0.39, 0.29) is 13.2 Å². The summed E-state index contributed by atoms with van der Waals surface area (Å²) < 4.78 is 11.0. The van der Waals surface area contributed by atoms with Crippen LogP contribution in [0.1, 0.15) is 96.8 Å². The van der Waals surface area contributed by atoms with Crippen LogP contribution < -0.4 is 0 Å². The summed E-state index contributed by atoms with van der Waals surface area (Å²) in [7, 11) is 0. The lowest BCUT2D eigenvalue weighted by atomic mass is 10.0. The maximum absolute atomic E-state index is 10.0. The van der Waals surface area contributed by atoms with Gasteiger partial charge in [-0.1, -0.05) is 76.9 Å². The molecule has 5 nitrogen and oxygen atoms in total. The van der Waals surface area contributed by atoms with E-state index in [0.717, 1.165) is 12.8 Å². The van der Waals surface area contributed by atoms with E-state index in [1.165, 1.54) is 77.0 Å². The Morgan fingerprint density at radius 1 is 0.793 bits per heavy atom. The van der Waals surface area contributed by atoms with Crippen molar-refractivity contribution in [3.05, 3.63) is 12.2 Å². The first-order chi connectivity index (χ1) is 14.2. The van der Waals surface area contributed by atoms with Crippen molar-refractivity contribution < 1.29 is 24.8 Å². The van der Waals surface area contributed by atoms with E-state index in [2.05, 4.69) is 19.1 Å². The molecule has 0 aromatic carbocycles. The lowest BCUT2D eigenvalue weighted by Crippen LogP contribution is -2.55. The lowest BCUT2D eigenvalue weighted by molar-refractivity contribution is -0.208. The molecule has 5 heteroatoms. The van der Waals surface area contributed by atoms with E-state index in [1.54, 1.807) is 0 Å². The summed E-state index contributed by atoms with van der Waals surface area (Å²) in [5.74, 6) is 0. The molecule has 0 spiro atoms. The summed E-state index contributed by atoms with van der Waals surface area (Å²) in [5, 5.41) is 28.9. The normalized spacial score (nSPS) is 25.1. The zero-order valence-corrected chi connectivity index (χ0v) is 18.6. The molecular weight excluding hydrogens is 368 g/mol. The number of aliphatic hydroxyl groups excluding tert-OH is 3. The number of aliphatic hydroxyl groups is 3. The minimum Gasteiger partial charge on any atom is -0.394 e. The van der Waals surface area contributed by atoms with Crippen LogP contribution in [0, 0.1) is 0 Å². The van der Waals surface area contributed by atoms with E-state index in [1.807, 2.05) is 0 Å². The van der Waals surface area contributed by atoms with Gasteiger partial charge >= 0.3 is 0 Å². The maximum Gasteiger partial charge on any atom is 0.111 e. The van der Waals surface area contributed by atoms with Gasteiger partial charge in [-0.25, -0.2) is 0 Å². The van der Waals surface area contributed by atoms with Gasteiger partial charge in [0.1, 0.15) is 24.4 Å². The highest BCUT2D eigenvalue weighted by Crippen LogP contribution is 2.18. The van der Waals surface area contributed by atoms with Crippen LogP contribution in [0.25, 0.3) is 0 Å². The first-order valence-electron chi connectivity index (χ1n) is 12.1. The van der Waals surface area contributed by atoms with Gasteiger partial charge in [0.2, 0.25) is 0 Å². The minimum atomic E-state index is -1.08. The van der Waals surface area contributed by atoms with Gasteiger partial charge in [-0.2, -0.15) is 0 Å². The Labute approximate surface area is 178 Å². The highest BCUT2D eigenvalue weighted by molar-refractivity contribution is 4.87. The second-order valence-corrected chi connectivity index (χ2v) is 8.38. The quantitative estimate of drug-likeness (QED) is 0.227. The van der Waals surface area contributed by atoms with Gasteiger partial charge in [0.05, 0.1) is 13.2 Å². The fraction of sp³-hybridized carbons (Fsp3) is 0.917. The first-order valence-corrected chi connectivity index (χ1v) is 12.1. The molecule has 1 aliphatic rings. The van der Waals surface area contributed by atoms with E-state index in [9.17, 15) is 10.2 Å². The zero-order valence-electron chi connectivity index (χ0n) is 18.6. The predicted molar refractivity (Wildman–Crippen MR) is 118 cm³/mol. The summed E-state index contributed by atoms with van der Waals surface area (Å²) in [6, 6.07) is 0. The Hall–Kier alpha value is -0.460. The zero-order chi connectivity index (χ0) is 21.2. The second kappa shape index (κ2) is 18.3. The Kier molecular flexibility index (Phi) is 16.8. The van der Waals surface area contributed by atoms with E-state index in [4.69, 9.17) is 14.6 Å². The monoisotopic (exact) mass is 414 g/mol. The summed E-state index contributed by atoms with van der Waals surface area (Å²) >= 11 is 0. The molecule has 1 fully saturated rings. The smallest absolute Gasteiger partial charge is 0.111 e. The third kappa shape index (κ3) is 12.7. The van der Waals surface area contributed by atoms with Crippen LogP contribution in [0.4, 0.5) is 0 Å². The summed E-state index contributed by atoms with van der Waals surface area (Å²) in [6.45, 7) is 2.76. The van der Waals surface area contributed by atoms with Crippen molar-refractivity contribution in [3.63, 3.8) is 0 Å². The van der Waals surface area contributed by atoms with Gasteiger partial charge in [-0.3, -0.25) is 0 Å². The topological polar surface area (TPSA) is 79.2 Å². The fourth-order valence-electron chi connectivity index (χ4n) is 3.75. The number of rotatable bonds is 18. The lowest BCUT2D eigenvalue weighted by Gasteiger charge is -2.36. The van der Waals surface area contributed by atoms with Crippen molar-refractivity contribution in [2.45, 2.75) is 121 Å². The molecule has 4 atom stereocenters. The summed E-state index contributed by atoms with van der Waals surface area (Å²) in [6.07, 6.45) is 19.2. The third-order valence-corrected chi connectivity index (χ3v) is 5.75. The van der Waals surface area contributed by atoms with Gasteiger partial charge in [0.15, 0.2) is 0 Å². The van der Waals surface area contributed by atoms with Crippen LogP contribution >= 0.6 is 0 Å². The van der Waals surface area contributed by atoms with Gasteiger partial charge in [0, 0.05) is 6.61 Å². The largest absolute Gasteiger partial charge is 0.394 e. The van der Waals surface area contributed by atoms with Crippen molar-refractivity contribution in [2.75, 3.05) is 19.8 Å². The summed E-state index contributed by atoms with van der Waals surface area (Å²) in [5.41, 5.74) is 0. The molecule has 29 heavy (non-hydrogen) atoms. The number of hydrogen-bond acceptors (Lipinski definition) is 5. The Morgan fingerprint density at radius 3 is 1.93 bits per heavy atom. The molecule has 0 saturated carbocycles. The number of ether oxygens (including phenoxy) is 2. The molecule has 0 radical (unpaired) electrons. The summed E-state index contributed by atoms with van der Waals surface area (Å²) in [4.78, 5) is 0. The minimum absolute atomic E-state index is 0.220. The van der Waals surface area contributed by atoms with Crippen LogP contribution in [-0.2, 0) is 9.47 Å². The van der Waals surface area contributed by atoms with E-state index >= 15 is 0 Å². The van der Waals surface area contributed by atoms with Gasteiger partial charge in [-0.05, 0) is 32.1 Å². The molecule has 1 heterocycles. The molecule has 0 unspecified atom stereocenters. The molecule has 1 aliphatic heterocycles. The first kappa shape index (κ1) is 26.6. The maximum atomic E-state index is 10.0. The Bertz CT molecular complexity index is 387. The second-order valence-electron chi connectivity index (χ2n) is 8.38. The van der Waals surface area contributed by atoms with E-state index < -0.39 is 24.4 Å². The Balaban J connectivity index is 1.83. The highest BCUT2D eigenvalue weighted by Gasteiger charge is 2.38. The number of hydrogen-bond donors (Lipinski definition) is 3. The van der Waals surface area contributed by atoms with E-state index in [0.29, 0.717) is 6.61 Å². The standard InChI is InChI=1S/C24H46O5/c1-2-3-4-5-6-7-8-9-10-11-12-13-14-15-16-17-18-28-22-20-29-21(19-25)23(26)24(22)27/h7-8,21-27H,2-6,9-20H2,1H3/b8-7+/t21-,22+,23-,24-/m0/s1. The number of unbranched alkanes of at least 4 members (excludes halogenated alkanes) is 12. The average molecular weight is 415 g/mol. The highest BCUT2D eigenvalue weighted by atomic mass is 16.6. The van der Waals surface area contributed by atoms with Crippen molar-refractivity contribution >= 4 is 0 Å². The van der Waals surface area contributed by atoms with Crippen molar-refractivity contribution in [3.8, 4) is 0 Å². The molecular formula is C24H46O5. The van der Waals surface area contributed by atoms with Crippen molar-refractivity contribution in [1.82, 2.24) is 0 Å². The molecule has 0 bridgehead atoms. The molecule has 0 aromatic heterocycles. The van der Waals surface area contributed by atoms with Gasteiger partial charge < -0.3 is 24.8 Å². The van der Waals surface area contributed by atoms with Crippen molar-refractivity contribution in [2.24, 2.45) is 0 Å². The average Bonchev–Trinajstić information content (AvgIpc) is 2.73. The van der Waals surface area contributed by atoms with Crippen LogP contribution in [-0.4, -0.2) is 59.6 Å². The van der Waals surface area contributed by atoms with Crippen LogP contribution in [0.3, 0.4) is 0 Å².